The van der Waals surface area contributed by atoms with E-state index in [2.05, 4.69) is 175 Å². The Morgan fingerprint density at radius 1 is 0.302 bits per heavy atom. The van der Waals surface area contributed by atoms with Crippen molar-refractivity contribution in [3.05, 3.63) is 360 Å². The molecule has 39 nitrogen and oxygen atoms in total. The molecule has 0 spiro atoms. The van der Waals surface area contributed by atoms with E-state index in [1.54, 1.807) is 130 Å². The number of nitrogens with zero attached hydrogens (tertiary/aromatic N) is 33. The molecular formula is C104H75Cl5FN33O6. The number of aryl methyl sites for hydroxylation is 1. The predicted molar refractivity (Wildman–Crippen MR) is 543 cm³/mol. The number of ether oxygens (including phenoxy) is 6. The van der Waals surface area contributed by atoms with Crippen LogP contribution in [-0.4, -0.2) is 204 Å². The van der Waals surface area contributed by atoms with Gasteiger partial charge in [0.1, 0.15) is 117 Å². The second-order valence-electron chi connectivity index (χ2n) is 33.1. The van der Waals surface area contributed by atoms with Gasteiger partial charge in [0.05, 0.1) is 114 Å². The highest BCUT2D eigenvalue weighted by Crippen LogP contribution is 2.42. The summed E-state index contributed by atoms with van der Waals surface area (Å²) in [5, 5.41) is 46.6. The molecule has 5 aliphatic rings. The zero-order chi connectivity index (χ0) is 102. The lowest BCUT2D eigenvalue weighted by molar-refractivity contribution is 0.174. The highest BCUT2D eigenvalue weighted by Gasteiger charge is 2.33. The summed E-state index contributed by atoms with van der Waals surface area (Å²) in [6.07, 6.45) is 23.1. The summed E-state index contributed by atoms with van der Waals surface area (Å²) in [5.41, 5.74) is 19.4. The highest BCUT2D eigenvalue weighted by molar-refractivity contribution is 6.32. The van der Waals surface area contributed by atoms with E-state index in [1.165, 1.54) is 18.5 Å². The van der Waals surface area contributed by atoms with Crippen molar-refractivity contribution in [3.8, 4) is 150 Å². The Labute approximate surface area is 872 Å². The van der Waals surface area contributed by atoms with Gasteiger partial charge in [-0.2, -0.15) is 0 Å². The second kappa shape index (κ2) is 43.2. The summed E-state index contributed by atoms with van der Waals surface area (Å²) in [5.74, 6) is 39.3. The molecule has 149 heavy (non-hydrogen) atoms. The second-order valence-corrected chi connectivity index (χ2v) is 35.3. The third-order valence-electron chi connectivity index (χ3n) is 23.8. The molecule has 0 radical (unpaired) electrons. The summed E-state index contributed by atoms with van der Waals surface area (Å²) in [6, 6.07) is 36.5. The molecule has 0 saturated carbocycles. The first-order chi connectivity index (χ1) is 72.9. The summed E-state index contributed by atoms with van der Waals surface area (Å²) in [6.45, 7) is 5.98. The van der Waals surface area contributed by atoms with Crippen molar-refractivity contribution >= 4 is 58.0 Å². The van der Waals surface area contributed by atoms with Gasteiger partial charge >= 0.3 is 0 Å². The molecule has 20 aromatic rings. The van der Waals surface area contributed by atoms with Gasteiger partial charge in [0, 0.05) is 143 Å². The van der Waals surface area contributed by atoms with E-state index in [9.17, 15) is 4.39 Å². The van der Waals surface area contributed by atoms with Gasteiger partial charge in [-0.05, 0) is 164 Å². The summed E-state index contributed by atoms with van der Waals surface area (Å²) in [4.78, 5) is 55.4. The SMILES string of the molecule is COCc1nnc2n1Cc1c(C#Cc3ccc(F)cn3)ncn1-c1ccc(Cl)cc1-2.COCc1nnc2n1Cc1c(C#Cc3ccnc(OC)c3)ncn1-c1ccc(Cl)cc1-2.COCc1nnc2n1Cc1c(C#Cc3cnc(C)nc3)ncn1-c1ccc(Cl)cc1-2.COCc1nnc2n1Cc1c(C#Cc3cncnc3)ncn1-c1ccc(Cl)cc1-2.COCc1nnc2n1Cc1c(C#Cc3ncccn3)ncn1-c1ccc(Cl)cc1-2. The van der Waals surface area contributed by atoms with E-state index < -0.39 is 5.82 Å². The van der Waals surface area contributed by atoms with Crippen LogP contribution in [0.15, 0.2) is 209 Å². The zero-order valence-electron chi connectivity index (χ0n) is 79.7. The van der Waals surface area contributed by atoms with Crippen molar-refractivity contribution in [3.63, 3.8) is 0 Å². The van der Waals surface area contributed by atoms with Crippen LogP contribution < -0.4 is 4.74 Å². The molecular weight excluding hydrogens is 2000 g/mol. The summed E-state index contributed by atoms with van der Waals surface area (Å²) >= 11 is 31.4. The molecule has 734 valence electrons. The van der Waals surface area contributed by atoms with Crippen LogP contribution in [0.1, 0.15) is 120 Å². The number of methoxy groups -OCH3 is 6. The van der Waals surface area contributed by atoms with Crippen LogP contribution in [0.2, 0.25) is 25.1 Å². The Balaban J connectivity index is 0.000000109. The van der Waals surface area contributed by atoms with Crippen molar-refractivity contribution in [2.45, 2.75) is 72.7 Å². The first-order valence-electron chi connectivity index (χ1n) is 45.3. The Morgan fingerprint density at radius 2 is 0.617 bits per heavy atom. The molecule has 5 aliphatic heterocycles. The van der Waals surface area contributed by atoms with E-state index in [0.717, 1.165) is 148 Å². The zero-order valence-corrected chi connectivity index (χ0v) is 83.5. The number of hydrogen-bond acceptors (Lipinski definition) is 29. The number of fused-ring (bicyclic) bond motifs is 25. The molecule has 0 atom stereocenters. The maximum absolute atomic E-state index is 13.1. The Morgan fingerprint density at radius 3 is 0.933 bits per heavy atom. The minimum atomic E-state index is -0.405. The number of halogens is 6. The van der Waals surface area contributed by atoms with E-state index >= 15 is 0 Å². The van der Waals surface area contributed by atoms with Crippen LogP contribution in [0.4, 0.5) is 4.39 Å². The normalized spacial score (nSPS) is 11.7. The first kappa shape index (κ1) is 97.3. The lowest BCUT2D eigenvalue weighted by Crippen LogP contribution is -2.09. The van der Waals surface area contributed by atoms with Crippen molar-refractivity contribution in [2.75, 3.05) is 42.7 Å². The van der Waals surface area contributed by atoms with Crippen molar-refractivity contribution in [2.24, 2.45) is 0 Å². The fourth-order valence-corrected chi connectivity index (χ4v) is 17.8. The molecule has 0 fully saturated rings. The minimum Gasteiger partial charge on any atom is -0.481 e. The van der Waals surface area contributed by atoms with Gasteiger partial charge < -0.3 is 51.3 Å². The number of benzene rings is 5. The largest absolute Gasteiger partial charge is 0.481 e. The summed E-state index contributed by atoms with van der Waals surface area (Å²) in [7, 11) is 9.71. The van der Waals surface area contributed by atoms with E-state index in [0.29, 0.717) is 160 Å². The van der Waals surface area contributed by atoms with Crippen molar-refractivity contribution in [1.29, 1.82) is 0 Å². The number of pyridine rings is 2. The number of aromatic nitrogens is 33. The van der Waals surface area contributed by atoms with Gasteiger partial charge in [-0.25, -0.2) is 69.2 Å². The number of rotatable bonds is 11. The standard InChI is InChI=1S/C22H17ClN6O2.C21H14ClFN6O.C21H16ClN7O.2C20H14ClN7O/c1-30-12-20-26-27-22-16-10-15(23)4-6-18(16)29-13-25-17(19(29)11-28(20)22)5-3-14-7-8-24-21(9-14)31-2;1-30-11-20-26-27-21-16-8-13(22)2-7-18(16)29-12-25-17(19(29)10-28(20)21)6-5-15-4-3-14(23)9-24-15;1-13-23-8-14(9-24-13)3-5-17-19-10-28-20(11-30-2)26-27-21(28)16-7-15(22)4-6-18(16)29(19)12-25-17;1-29-11-19-25-26-20-14-9-13(21)3-5-16(14)28-12-24-15(17(28)10-27(19)20)4-6-18-22-7-2-8-23-18;1-29-10-19-25-26-20-15-6-14(21)3-5-17(15)28-12-24-16(18(28)9-27(19)20)4-2-13-7-22-11-23-8-13/h4,6-10,13H,11-12H2,1-2H3;2-4,7-9,12H,10-11H2,1H3;4,6-9,12H,10-11H2,1-2H3;2-3,5,7-9,12H,10-11H2,1H3;3,5-8,11-12H,9-10H2,1H3. The average Bonchev–Trinajstić information content (AvgIpc) is 1.62. The van der Waals surface area contributed by atoms with Crippen LogP contribution in [-0.2, 0) is 89.4 Å². The monoisotopic (exact) mass is 2080 g/mol. The predicted octanol–water partition coefficient (Wildman–Crippen LogP) is 14.1. The molecule has 5 aromatic carbocycles. The minimum absolute atomic E-state index is 0.317. The fourth-order valence-electron chi connectivity index (χ4n) is 17.0. The third kappa shape index (κ3) is 20.2. The van der Waals surface area contributed by atoms with Gasteiger partial charge in [0.2, 0.25) is 11.7 Å². The maximum Gasteiger partial charge on any atom is 0.214 e. The van der Waals surface area contributed by atoms with Gasteiger partial charge in [-0.1, -0.05) is 75.8 Å². The van der Waals surface area contributed by atoms with Crippen LogP contribution in [0.5, 0.6) is 5.88 Å². The topological polar surface area (TPSA) is 401 Å². The first-order valence-corrected chi connectivity index (χ1v) is 47.2. The molecule has 0 aliphatic carbocycles. The lowest BCUT2D eigenvalue weighted by Gasteiger charge is -2.08. The Hall–Kier alpha value is -17.8. The van der Waals surface area contributed by atoms with E-state index in [1.807, 2.05) is 150 Å². The van der Waals surface area contributed by atoms with Crippen LogP contribution >= 0.6 is 58.0 Å². The third-order valence-corrected chi connectivity index (χ3v) is 25.0. The lowest BCUT2D eigenvalue weighted by atomic mass is 10.1. The van der Waals surface area contributed by atoms with Gasteiger partial charge in [0.15, 0.2) is 58.2 Å². The van der Waals surface area contributed by atoms with Crippen LogP contribution in [0.3, 0.4) is 0 Å². The average molecular weight is 2080 g/mol. The quantitative estimate of drug-likeness (QED) is 0.109. The molecule has 25 rings (SSSR count). The van der Waals surface area contributed by atoms with E-state index in [-0.39, 0.29) is 0 Å². The molecule has 0 amide bonds. The van der Waals surface area contributed by atoms with Crippen LogP contribution in [0, 0.1) is 71.9 Å². The molecule has 45 heteroatoms. The van der Waals surface area contributed by atoms with E-state index in [4.69, 9.17) is 86.4 Å². The smallest absolute Gasteiger partial charge is 0.214 e. The van der Waals surface area contributed by atoms with Gasteiger partial charge in [-0.3, -0.25) is 22.8 Å². The van der Waals surface area contributed by atoms with Gasteiger partial charge in [-0.15, -0.1) is 51.0 Å². The number of imidazole rings is 5. The molecule has 15 aromatic heterocycles. The molecule has 0 bridgehead atoms. The Kier molecular flexibility index (Phi) is 28.2. The maximum atomic E-state index is 13.1. The molecule has 0 unspecified atom stereocenters. The molecule has 20 heterocycles. The van der Waals surface area contributed by atoms with Gasteiger partial charge in [0.25, 0.3) is 0 Å². The summed E-state index contributed by atoms with van der Waals surface area (Å²) < 4.78 is 64.8. The molecule has 0 N–H and O–H groups in total. The number of hydrogen-bond donors (Lipinski definition) is 0. The van der Waals surface area contributed by atoms with Crippen LogP contribution in [0.25, 0.3) is 85.4 Å². The van der Waals surface area contributed by atoms with Crippen molar-refractivity contribution in [1.82, 2.24) is 161 Å². The van der Waals surface area contributed by atoms with Crippen molar-refractivity contribution < 1.29 is 32.8 Å². The Bertz CT molecular complexity index is 8470. The highest BCUT2D eigenvalue weighted by atomic mass is 35.5. The fraction of sp³-hybridized carbons (Fsp3) is 0.163. The molecule has 0 saturated heterocycles.